The number of methoxy groups -OCH3 is 1. The van der Waals surface area contributed by atoms with Gasteiger partial charge in [0.15, 0.2) is 0 Å². The van der Waals surface area contributed by atoms with Crippen LogP contribution in [0.4, 0.5) is 0 Å². The molecule has 104 valence electrons. The van der Waals surface area contributed by atoms with Gasteiger partial charge in [0, 0.05) is 23.0 Å². The van der Waals surface area contributed by atoms with Crippen molar-refractivity contribution in [1.29, 1.82) is 0 Å². The third-order valence-electron chi connectivity index (χ3n) is 3.35. The number of halogens is 1. The third-order valence-corrected chi connectivity index (χ3v) is 3.85. The Balaban J connectivity index is 1.87. The lowest BCUT2D eigenvalue weighted by Gasteiger charge is -2.12. The van der Waals surface area contributed by atoms with E-state index in [1.165, 1.54) is 0 Å². The van der Waals surface area contributed by atoms with Crippen LogP contribution in [-0.4, -0.2) is 26.1 Å². The predicted molar refractivity (Wildman–Crippen MR) is 78.1 cm³/mol. The molecule has 0 saturated carbocycles. The van der Waals surface area contributed by atoms with Crippen molar-refractivity contribution in [2.75, 3.05) is 20.2 Å². The van der Waals surface area contributed by atoms with Gasteiger partial charge in [-0.25, -0.2) is 0 Å². The number of ether oxygens (including phenoxy) is 1. The molecule has 1 saturated heterocycles. The van der Waals surface area contributed by atoms with Crippen LogP contribution in [0.5, 0.6) is 5.75 Å². The average molecular weight is 327 g/mol. The Bertz CT molecular complexity index is 445. The quantitative estimate of drug-likeness (QED) is 0.871. The highest BCUT2D eigenvalue weighted by atomic mass is 79.9. The summed E-state index contributed by atoms with van der Waals surface area (Å²) >= 11 is 3.43. The second-order valence-corrected chi connectivity index (χ2v) is 5.71. The van der Waals surface area contributed by atoms with Crippen LogP contribution < -0.4 is 15.4 Å². The molecule has 0 bridgehead atoms. The Labute approximate surface area is 122 Å². The van der Waals surface area contributed by atoms with Gasteiger partial charge in [0.1, 0.15) is 5.75 Å². The Kier molecular flexibility index (Phi) is 5.22. The molecule has 1 atom stereocenters. The maximum absolute atomic E-state index is 11.9. The second-order valence-electron chi connectivity index (χ2n) is 4.80. The van der Waals surface area contributed by atoms with Crippen molar-refractivity contribution in [1.82, 2.24) is 10.6 Å². The fraction of sp³-hybridized carbons (Fsp3) is 0.500. The maximum atomic E-state index is 11.9. The van der Waals surface area contributed by atoms with Gasteiger partial charge in [0.2, 0.25) is 5.91 Å². The van der Waals surface area contributed by atoms with Gasteiger partial charge in [-0.15, -0.1) is 0 Å². The summed E-state index contributed by atoms with van der Waals surface area (Å²) in [5, 5.41) is 6.23. The molecule has 1 amide bonds. The molecule has 1 aliphatic heterocycles. The number of hydrogen-bond donors (Lipinski definition) is 2. The van der Waals surface area contributed by atoms with E-state index in [9.17, 15) is 4.79 Å². The van der Waals surface area contributed by atoms with Gasteiger partial charge in [-0.05, 0) is 43.6 Å². The number of rotatable bonds is 5. The first-order valence-electron chi connectivity index (χ1n) is 6.49. The van der Waals surface area contributed by atoms with Crippen molar-refractivity contribution in [3.05, 3.63) is 28.2 Å². The Morgan fingerprint density at radius 1 is 1.58 bits per heavy atom. The first kappa shape index (κ1) is 14.3. The predicted octanol–water partition coefficient (Wildman–Crippen LogP) is 2.07. The topological polar surface area (TPSA) is 50.4 Å². The Morgan fingerprint density at radius 2 is 2.42 bits per heavy atom. The van der Waals surface area contributed by atoms with Crippen LogP contribution in [0, 0.1) is 5.92 Å². The van der Waals surface area contributed by atoms with Crippen molar-refractivity contribution in [3.8, 4) is 5.75 Å². The molecule has 0 spiro atoms. The first-order chi connectivity index (χ1) is 9.19. The van der Waals surface area contributed by atoms with Gasteiger partial charge in [-0.3, -0.25) is 4.79 Å². The number of benzene rings is 1. The second kappa shape index (κ2) is 6.91. The lowest BCUT2D eigenvalue weighted by Crippen LogP contribution is -2.26. The van der Waals surface area contributed by atoms with Crippen molar-refractivity contribution in [2.45, 2.75) is 19.4 Å². The van der Waals surface area contributed by atoms with E-state index in [-0.39, 0.29) is 5.91 Å². The molecule has 0 radical (unpaired) electrons. The zero-order chi connectivity index (χ0) is 13.7. The van der Waals surface area contributed by atoms with E-state index in [2.05, 4.69) is 26.6 Å². The molecule has 1 aliphatic rings. The van der Waals surface area contributed by atoms with Crippen LogP contribution in [0.1, 0.15) is 18.4 Å². The molecule has 2 rings (SSSR count). The lowest BCUT2D eigenvalue weighted by atomic mass is 10.0. The van der Waals surface area contributed by atoms with E-state index in [4.69, 9.17) is 4.74 Å². The lowest BCUT2D eigenvalue weighted by molar-refractivity contribution is -0.122. The van der Waals surface area contributed by atoms with Gasteiger partial charge in [-0.2, -0.15) is 0 Å². The summed E-state index contributed by atoms with van der Waals surface area (Å²) in [5.74, 6) is 1.38. The summed E-state index contributed by atoms with van der Waals surface area (Å²) < 4.78 is 6.27. The summed E-state index contributed by atoms with van der Waals surface area (Å²) in [6.07, 6.45) is 1.69. The normalized spacial score (nSPS) is 18.3. The highest BCUT2D eigenvalue weighted by Gasteiger charge is 2.18. The van der Waals surface area contributed by atoms with Crippen LogP contribution in [0.15, 0.2) is 22.7 Å². The van der Waals surface area contributed by atoms with E-state index in [0.717, 1.165) is 35.3 Å². The van der Waals surface area contributed by atoms with E-state index >= 15 is 0 Å². The Hall–Kier alpha value is -1.07. The van der Waals surface area contributed by atoms with Crippen LogP contribution in [-0.2, 0) is 11.3 Å². The van der Waals surface area contributed by atoms with Crippen molar-refractivity contribution in [3.63, 3.8) is 0 Å². The number of hydrogen-bond acceptors (Lipinski definition) is 3. The number of carbonyl (C=O) groups is 1. The molecule has 1 aromatic rings. The highest BCUT2D eigenvalue weighted by molar-refractivity contribution is 9.10. The SMILES string of the molecule is COc1ccc(Br)cc1CNC(=O)CC1CCNC1. The molecule has 2 N–H and O–H groups in total. The van der Waals surface area contributed by atoms with Crippen LogP contribution in [0.3, 0.4) is 0 Å². The summed E-state index contributed by atoms with van der Waals surface area (Å²) in [7, 11) is 1.64. The van der Waals surface area contributed by atoms with Crippen molar-refractivity contribution < 1.29 is 9.53 Å². The molecular weight excluding hydrogens is 308 g/mol. The van der Waals surface area contributed by atoms with E-state index < -0.39 is 0 Å². The number of carbonyl (C=O) groups excluding carboxylic acids is 1. The zero-order valence-electron chi connectivity index (χ0n) is 11.0. The molecule has 1 heterocycles. The summed E-state index contributed by atoms with van der Waals surface area (Å²) in [5.41, 5.74) is 0.981. The fourth-order valence-corrected chi connectivity index (χ4v) is 2.71. The minimum absolute atomic E-state index is 0.107. The first-order valence-corrected chi connectivity index (χ1v) is 7.28. The molecular formula is C14H19BrN2O2. The van der Waals surface area contributed by atoms with Gasteiger partial charge in [-0.1, -0.05) is 15.9 Å². The van der Waals surface area contributed by atoms with Crippen LogP contribution in [0.25, 0.3) is 0 Å². The van der Waals surface area contributed by atoms with Gasteiger partial charge in [0.25, 0.3) is 0 Å². The van der Waals surface area contributed by atoms with Gasteiger partial charge in [0.05, 0.1) is 7.11 Å². The maximum Gasteiger partial charge on any atom is 0.220 e. The minimum atomic E-state index is 0.107. The number of amides is 1. The smallest absolute Gasteiger partial charge is 0.220 e. The molecule has 5 heteroatoms. The van der Waals surface area contributed by atoms with E-state index in [1.807, 2.05) is 18.2 Å². The van der Waals surface area contributed by atoms with Crippen molar-refractivity contribution >= 4 is 21.8 Å². The third kappa shape index (κ3) is 4.21. The van der Waals surface area contributed by atoms with Crippen molar-refractivity contribution in [2.24, 2.45) is 5.92 Å². The molecule has 1 aromatic carbocycles. The molecule has 1 unspecified atom stereocenters. The largest absolute Gasteiger partial charge is 0.496 e. The van der Waals surface area contributed by atoms with Gasteiger partial charge < -0.3 is 15.4 Å². The summed E-state index contributed by atoms with van der Waals surface area (Å²) in [6.45, 7) is 2.48. The Morgan fingerprint density at radius 3 is 3.11 bits per heavy atom. The zero-order valence-corrected chi connectivity index (χ0v) is 12.6. The van der Waals surface area contributed by atoms with E-state index in [1.54, 1.807) is 7.11 Å². The molecule has 19 heavy (non-hydrogen) atoms. The molecule has 0 aromatic heterocycles. The number of nitrogens with one attached hydrogen (secondary N) is 2. The minimum Gasteiger partial charge on any atom is -0.496 e. The summed E-state index contributed by atoms with van der Waals surface area (Å²) in [4.78, 5) is 11.9. The fourth-order valence-electron chi connectivity index (χ4n) is 2.30. The molecule has 4 nitrogen and oxygen atoms in total. The molecule has 1 fully saturated rings. The monoisotopic (exact) mass is 326 g/mol. The van der Waals surface area contributed by atoms with Crippen LogP contribution in [0.2, 0.25) is 0 Å². The standard InChI is InChI=1S/C14H19BrN2O2/c1-19-13-3-2-12(15)7-11(13)9-17-14(18)6-10-4-5-16-8-10/h2-3,7,10,16H,4-6,8-9H2,1H3,(H,17,18). The summed E-state index contributed by atoms with van der Waals surface area (Å²) in [6, 6.07) is 5.79. The van der Waals surface area contributed by atoms with Gasteiger partial charge >= 0.3 is 0 Å². The average Bonchev–Trinajstić information content (AvgIpc) is 2.89. The van der Waals surface area contributed by atoms with Crippen LogP contribution >= 0.6 is 15.9 Å². The van der Waals surface area contributed by atoms with E-state index in [0.29, 0.717) is 18.9 Å². The molecule has 0 aliphatic carbocycles. The highest BCUT2D eigenvalue weighted by Crippen LogP contribution is 2.22.